The smallest absolute Gasteiger partial charge is 0.337 e. The van der Waals surface area contributed by atoms with Crippen molar-refractivity contribution in [3.05, 3.63) is 64.3 Å². The first-order valence-electron chi connectivity index (χ1n) is 8.79. The molecule has 0 spiro atoms. The van der Waals surface area contributed by atoms with Gasteiger partial charge in [0.1, 0.15) is 0 Å². The summed E-state index contributed by atoms with van der Waals surface area (Å²) >= 11 is 12.0. The van der Waals surface area contributed by atoms with E-state index in [9.17, 15) is 4.79 Å². The van der Waals surface area contributed by atoms with Crippen molar-refractivity contribution in [1.82, 2.24) is 5.32 Å². The Hall–Kier alpha value is -2.77. The van der Waals surface area contributed by atoms with Crippen LogP contribution in [0.5, 0.6) is 11.5 Å². The Kier molecular flexibility index (Phi) is 6.30. The zero-order valence-corrected chi connectivity index (χ0v) is 18.1. The molecule has 0 saturated carbocycles. The number of esters is 1. The monoisotopic (exact) mass is 432 g/mol. The molecule has 0 aliphatic carbocycles. The highest BCUT2D eigenvalue weighted by atomic mass is 35.5. The number of rotatable bonds is 5. The van der Waals surface area contributed by atoms with Crippen LogP contribution in [0, 0.1) is 0 Å². The third-order valence-corrected chi connectivity index (χ3v) is 5.27. The fourth-order valence-corrected chi connectivity index (χ4v) is 4.02. The first kappa shape index (κ1) is 21.0. The van der Waals surface area contributed by atoms with Gasteiger partial charge < -0.3 is 19.5 Å². The van der Waals surface area contributed by atoms with Crippen LogP contribution in [-0.4, -0.2) is 32.4 Å². The molecule has 0 radical (unpaired) electrons. The lowest BCUT2D eigenvalue weighted by Crippen LogP contribution is -2.48. The normalized spacial score (nSPS) is 16.4. The van der Waals surface area contributed by atoms with Gasteiger partial charge in [-0.2, -0.15) is 0 Å². The number of hydrogen-bond acceptors (Lipinski definition) is 5. The number of thiocarbonyl (C=S) groups is 1. The van der Waals surface area contributed by atoms with E-state index < -0.39 is 12.0 Å². The maximum Gasteiger partial charge on any atom is 0.337 e. The van der Waals surface area contributed by atoms with Gasteiger partial charge in [-0.3, -0.25) is 4.90 Å². The Balaban J connectivity index is 2.17. The summed E-state index contributed by atoms with van der Waals surface area (Å²) in [5.74, 6) is 0.409. The molecule has 1 aliphatic rings. The molecule has 29 heavy (non-hydrogen) atoms. The molecule has 0 bridgehead atoms. The molecule has 2 aromatic rings. The summed E-state index contributed by atoms with van der Waals surface area (Å²) in [6.45, 7) is 1.84. The van der Waals surface area contributed by atoms with Crippen molar-refractivity contribution in [2.45, 2.75) is 13.0 Å². The second kappa shape index (κ2) is 8.71. The number of nitrogens with one attached hydrogen (secondary N) is 1. The minimum atomic E-state index is -0.563. The summed E-state index contributed by atoms with van der Waals surface area (Å²) in [5.41, 5.74) is 2.63. The Bertz CT molecular complexity index is 978. The van der Waals surface area contributed by atoms with Crippen LogP contribution >= 0.6 is 23.8 Å². The van der Waals surface area contributed by atoms with Gasteiger partial charge >= 0.3 is 5.97 Å². The summed E-state index contributed by atoms with van der Waals surface area (Å²) in [7, 11) is 4.39. The molecular weight excluding hydrogens is 412 g/mol. The van der Waals surface area contributed by atoms with Crippen molar-refractivity contribution >= 4 is 40.6 Å². The number of hydrogen-bond donors (Lipinski definition) is 1. The summed E-state index contributed by atoms with van der Waals surface area (Å²) < 4.78 is 15.8. The Morgan fingerprint density at radius 3 is 2.41 bits per heavy atom. The van der Waals surface area contributed by atoms with Gasteiger partial charge in [0, 0.05) is 11.4 Å². The van der Waals surface area contributed by atoms with Crippen LogP contribution in [0.4, 0.5) is 5.69 Å². The highest BCUT2D eigenvalue weighted by Crippen LogP contribution is 2.41. The Labute approximate surface area is 180 Å². The molecule has 1 N–H and O–H groups in total. The molecule has 3 rings (SSSR count). The number of ether oxygens (including phenoxy) is 3. The first-order chi connectivity index (χ1) is 13.9. The van der Waals surface area contributed by atoms with Crippen LogP contribution in [0.2, 0.25) is 5.02 Å². The number of carbonyl (C=O) groups is 1. The van der Waals surface area contributed by atoms with Crippen molar-refractivity contribution in [1.29, 1.82) is 0 Å². The molecule has 152 valence electrons. The van der Waals surface area contributed by atoms with Crippen LogP contribution in [0.1, 0.15) is 18.5 Å². The van der Waals surface area contributed by atoms with Crippen LogP contribution in [0.3, 0.4) is 0 Å². The third-order valence-electron chi connectivity index (χ3n) is 4.69. The van der Waals surface area contributed by atoms with Crippen LogP contribution in [-0.2, 0) is 9.53 Å². The van der Waals surface area contributed by atoms with Crippen molar-refractivity contribution in [3.8, 4) is 11.5 Å². The van der Waals surface area contributed by atoms with Gasteiger partial charge in [0.2, 0.25) is 0 Å². The van der Waals surface area contributed by atoms with Crippen molar-refractivity contribution in [2.24, 2.45) is 0 Å². The molecule has 1 aliphatic heterocycles. The SMILES string of the molecule is COC(=O)C1=C(C)N(c2ccccc2)C(=S)NC1c1cc(Cl)c(OC)c(OC)c1. The van der Waals surface area contributed by atoms with Gasteiger partial charge in [-0.15, -0.1) is 0 Å². The summed E-state index contributed by atoms with van der Waals surface area (Å²) in [6, 6.07) is 12.5. The maximum absolute atomic E-state index is 12.7. The van der Waals surface area contributed by atoms with E-state index in [0.29, 0.717) is 38.5 Å². The minimum Gasteiger partial charge on any atom is -0.493 e. The van der Waals surface area contributed by atoms with Crippen molar-refractivity contribution in [2.75, 3.05) is 26.2 Å². The number of para-hydroxylation sites is 1. The first-order valence-corrected chi connectivity index (χ1v) is 9.57. The number of halogens is 1. The Morgan fingerprint density at radius 1 is 1.14 bits per heavy atom. The fourth-order valence-electron chi connectivity index (χ4n) is 3.36. The molecule has 8 heteroatoms. The van der Waals surface area contributed by atoms with E-state index in [2.05, 4.69) is 5.32 Å². The Morgan fingerprint density at radius 2 is 1.83 bits per heavy atom. The summed E-state index contributed by atoms with van der Waals surface area (Å²) in [4.78, 5) is 14.5. The number of allylic oxidation sites excluding steroid dienone is 1. The molecule has 1 unspecified atom stereocenters. The largest absolute Gasteiger partial charge is 0.493 e. The lowest BCUT2D eigenvalue weighted by molar-refractivity contribution is -0.136. The van der Waals surface area contributed by atoms with Crippen LogP contribution in [0.15, 0.2) is 53.7 Å². The third kappa shape index (κ3) is 3.88. The molecule has 0 fully saturated rings. The van der Waals surface area contributed by atoms with E-state index in [1.807, 2.05) is 37.3 Å². The summed E-state index contributed by atoms with van der Waals surface area (Å²) in [5, 5.41) is 4.06. The number of benzene rings is 2. The van der Waals surface area contributed by atoms with E-state index in [1.165, 1.54) is 21.3 Å². The van der Waals surface area contributed by atoms with Gasteiger partial charge in [-0.1, -0.05) is 29.8 Å². The molecule has 1 atom stereocenters. The van der Waals surface area contributed by atoms with E-state index in [4.69, 9.17) is 38.0 Å². The van der Waals surface area contributed by atoms with E-state index >= 15 is 0 Å². The average molecular weight is 433 g/mol. The predicted molar refractivity (Wildman–Crippen MR) is 117 cm³/mol. The summed E-state index contributed by atoms with van der Waals surface area (Å²) in [6.07, 6.45) is 0. The maximum atomic E-state index is 12.7. The number of anilines is 1. The average Bonchev–Trinajstić information content (AvgIpc) is 2.72. The lowest BCUT2D eigenvalue weighted by atomic mass is 9.94. The zero-order valence-electron chi connectivity index (χ0n) is 16.5. The second-order valence-corrected chi connectivity index (χ2v) is 7.08. The molecule has 0 saturated heterocycles. The molecule has 6 nitrogen and oxygen atoms in total. The van der Waals surface area contributed by atoms with Crippen LogP contribution in [0.25, 0.3) is 0 Å². The molecule has 1 heterocycles. The molecule has 0 aromatic heterocycles. The highest BCUT2D eigenvalue weighted by Gasteiger charge is 2.36. The van der Waals surface area contributed by atoms with E-state index in [0.717, 1.165) is 5.69 Å². The lowest BCUT2D eigenvalue weighted by Gasteiger charge is -2.37. The van der Waals surface area contributed by atoms with E-state index in [1.54, 1.807) is 17.0 Å². The zero-order chi connectivity index (χ0) is 21.1. The molecular formula is C21H21ClN2O4S. The topological polar surface area (TPSA) is 60.0 Å². The van der Waals surface area contributed by atoms with Crippen LogP contribution < -0.4 is 19.7 Å². The number of methoxy groups -OCH3 is 3. The van der Waals surface area contributed by atoms with Gasteiger partial charge in [-0.05, 0) is 49.0 Å². The van der Waals surface area contributed by atoms with Crippen molar-refractivity contribution < 1.29 is 19.0 Å². The number of nitrogens with zero attached hydrogens (tertiary/aromatic N) is 1. The van der Waals surface area contributed by atoms with Gasteiger partial charge in [0.05, 0.1) is 38.0 Å². The predicted octanol–water partition coefficient (Wildman–Crippen LogP) is 4.24. The standard InChI is InChI=1S/C21H21ClN2O4S/c1-12-17(20(25)28-4)18(13-10-15(22)19(27-3)16(11-13)26-2)23-21(29)24(12)14-8-6-5-7-9-14/h5-11,18H,1-4H3,(H,23,29). The van der Waals surface area contributed by atoms with Crippen molar-refractivity contribution in [3.63, 3.8) is 0 Å². The van der Waals surface area contributed by atoms with E-state index in [-0.39, 0.29) is 0 Å². The second-order valence-electron chi connectivity index (χ2n) is 6.28. The minimum absolute atomic E-state index is 0.363. The number of carbonyl (C=O) groups excluding carboxylic acids is 1. The van der Waals surface area contributed by atoms with Gasteiger partial charge in [0.25, 0.3) is 0 Å². The van der Waals surface area contributed by atoms with Gasteiger partial charge in [-0.25, -0.2) is 4.79 Å². The quantitative estimate of drug-likeness (QED) is 0.560. The van der Waals surface area contributed by atoms with Gasteiger partial charge in [0.15, 0.2) is 16.6 Å². The fraction of sp³-hybridized carbons (Fsp3) is 0.238. The molecule has 2 aromatic carbocycles. The molecule has 0 amide bonds. The highest BCUT2D eigenvalue weighted by molar-refractivity contribution is 7.80.